The minimum atomic E-state index is -3.93. The fourth-order valence-corrected chi connectivity index (χ4v) is 8.85. The quantitative estimate of drug-likeness (QED) is 0.248. The van der Waals surface area contributed by atoms with Gasteiger partial charge in [0, 0.05) is 62.9 Å². The molecule has 0 spiro atoms. The van der Waals surface area contributed by atoms with Gasteiger partial charge in [0.25, 0.3) is 5.92 Å². The Balaban J connectivity index is 1.11. The summed E-state index contributed by atoms with van der Waals surface area (Å²) in [4.78, 5) is 56.5. The normalized spacial score (nSPS) is 21.1. The summed E-state index contributed by atoms with van der Waals surface area (Å²) in [5.74, 6) is -4.54. The number of hydrogen-bond acceptors (Lipinski definition) is 10. The molecule has 3 heterocycles. The molecule has 58 heavy (non-hydrogen) atoms. The van der Waals surface area contributed by atoms with Gasteiger partial charge in [0.1, 0.15) is 22.2 Å². The van der Waals surface area contributed by atoms with Crippen LogP contribution in [0.1, 0.15) is 79.2 Å². The summed E-state index contributed by atoms with van der Waals surface area (Å²) in [6.07, 6.45) is 0.178. The predicted octanol–water partition coefficient (Wildman–Crippen LogP) is 5.42. The molecule has 1 saturated carbocycles. The molecule has 2 aromatic rings. The van der Waals surface area contributed by atoms with E-state index in [4.69, 9.17) is 21.1 Å². The minimum Gasteiger partial charge on any atom is -0.444 e. The highest BCUT2D eigenvalue weighted by molar-refractivity contribution is 7.89. The third-order valence-electron chi connectivity index (χ3n) is 10.1. The highest BCUT2D eigenvalue weighted by Gasteiger charge is 2.44. The topological polar surface area (TPSA) is 180 Å². The lowest BCUT2D eigenvalue weighted by Crippen LogP contribution is -2.49. The lowest BCUT2D eigenvalue weighted by atomic mass is 9.77. The van der Waals surface area contributed by atoms with Gasteiger partial charge in [-0.2, -0.15) is 4.31 Å². The Labute approximate surface area is 343 Å². The average Bonchev–Trinajstić information content (AvgIpc) is 3.50. The van der Waals surface area contributed by atoms with Gasteiger partial charge in [-0.15, -0.1) is 0 Å². The van der Waals surface area contributed by atoms with Gasteiger partial charge < -0.3 is 35.2 Å². The van der Waals surface area contributed by atoms with E-state index >= 15 is 8.78 Å². The van der Waals surface area contributed by atoms with Crippen LogP contribution in [0.4, 0.5) is 29.9 Å². The number of sulfonamides is 1. The van der Waals surface area contributed by atoms with Crippen molar-refractivity contribution in [3.8, 4) is 0 Å². The average molecular weight is 854 g/mol. The number of carbonyl (C=O) groups is 4. The molecule has 1 aromatic carbocycles. The smallest absolute Gasteiger partial charge is 0.408 e. The number of nitrogens with zero attached hydrogens (tertiary/aromatic N) is 4. The van der Waals surface area contributed by atoms with Crippen molar-refractivity contribution >= 4 is 57.1 Å². The molecular weight excluding hydrogens is 800 g/mol. The second kappa shape index (κ2) is 17.9. The Morgan fingerprint density at radius 2 is 1.48 bits per heavy atom. The van der Waals surface area contributed by atoms with Crippen LogP contribution in [0.15, 0.2) is 41.3 Å². The first-order chi connectivity index (χ1) is 27.0. The van der Waals surface area contributed by atoms with E-state index in [0.717, 1.165) is 0 Å². The van der Waals surface area contributed by atoms with Crippen molar-refractivity contribution < 1.29 is 45.9 Å². The lowest BCUT2D eigenvalue weighted by molar-refractivity contribution is -0.120. The highest BCUT2D eigenvalue weighted by Crippen LogP contribution is 2.46. The molecule has 1 atom stereocenters. The summed E-state index contributed by atoms with van der Waals surface area (Å²) in [6.45, 7) is 11.1. The summed E-state index contributed by atoms with van der Waals surface area (Å²) >= 11 is 6.29. The molecule has 3 fully saturated rings. The Bertz CT molecular complexity index is 1930. The first kappa shape index (κ1) is 44.8. The number of alkyl carbamates (subject to hydrolysis) is 2. The predicted molar refractivity (Wildman–Crippen MR) is 213 cm³/mol. The molecule has 1 aliphatic carbocycles. The van der Waals surface area contributed by atoms with Crippen LogP contribution in [0.5, 0.6) is 0 Å². The summed E-state index contributed by atoms with van der Waals surface area (Å²) in [6, 6.07) is 8.00. The number of ether oxygens (including phenoxy) is 2. The van der Waals surface area contributed by atoms with E-state index in [1.54, 1.807) is 58.6 Å². The fraction of sp³-hybridized carbons (Fsp3) is 0.615. The SMILES string of the molecule is CC(C)(C)OC(=O)NCC(=O)NCC1CCC(C(F)(F)c2cc(Cl)nc(N3CCN(S(=O)(=O)c4ccc(N5C[C@H](NC(=O)OC(C)(C)C)CC5=O)cc4)CC3)c2)CC1. The molecule has 4 amide bonds. The van der Waals surface area contributed by atoms with Gasteiger partial charge in [0.05, 0.1) is 17.5 Å². The van der Waals surface area contributed by atoms with E-state index in [1.165, 1.54) is 33.5 Å². The third-order valence-corrected chi connectivity index (χ3v) is 12.2. The standard InChI is InChI=1S/C39H54ClF2N7O8S/c1-37(2,3)56-35(52)44-23-33(50)43-22-25-7-9-26(10-8-25)39(41,42)27-19-31(40)46-32(20-27)47-15-17-48(18-16-47)58(54,55)30-13-11-29(12-14-30)49-24-28(21-34(49)51)45-36(53)57-38(4,5)6/h11-14,19-20,25-26,28H,7-10,15-18,21-24H2,1-6H3,(H,43,50)(H,44,52)(H,45,53)/t25?,26?,28-/m1/s1. The maximum atomic E-state index is 16.0. The molecule has 2 saturated heterocycles. The molecule has 2 aliphatic heterocycles. The highest BCUT2D eigenvalue weighted by atomic mass is 35.5. The van der Waals surface area contributed by atoms with Crippen LogP contribution < -0.4 is 25.8 Å². The van der Waals surface area contributed by atoms with E-state index in [-0.39, 0.29) is 91.8 Å². The van der Waals surface area contributed by atoms with Crippen molar-refractivity contribution in [1.82, 2.24) is 25.2 Å². The first-order valence-corrected chi connectivity index (χ1v) is 21.3. The Hall–Kier alpha value is -4.29. The van der Waals surface area contributed by atoms with Crippen LogP contribution in [0.3, 0.4) is 0 Å². The molecule has 3 N–H and O–H groups in total. The van der Waals surface area contributed by atoms with Crippen molar-refractivity contribution in [3.05, 3.63) is 47.1 Å². The zero-order valence-electron chi connectivity index (χ0n) is 33.8. The van der Waals surface area contributed by atoms with Crippen molar-refractivity contribution in [2.45, 2.75) is 102 Å². The Kier molecular flexibility index (Phi) is 13.8. The maximum Gasteiger partial charge on any atom is 0.408 e. The first-order valence-electron chi connectivity index (χ1n) is 19.4. The molecule has 320 valence electrons. The van der Waals surface area contributed by atoms with Crippen LogP contribution in [-0.2, 0) is 35.0 Å². The number of alkyl halides is 2. The molecular formula is C39H54ClF2N7O8S. The number of anilines is 2. The van der Waals surface area contributed by atoms with Crippen molar-refractivity contribution in [3.63, 3.8) is 0 Å². The zero-order chi connectivity index (χ0) is 42.6. The number of pyridine rings is 1. The van der Waals surface area contributed by atoms with Gasteiger partial charge in [-0.1, -0.05) is 11.6 Å². The number of piperazine rings is 1. The number of rotatable bonds is 11. The van der Waals surface area contributed by atoms with Gasteiger partial charge in [0.2, 0.25) is 21.8 Å². The van der Waals surface area contributed by atoms with Gasteiger partial charge in [0.15, 0.2) is 0 Å². The lowest BCUT2D eigenvalue weighted by Gasteiger charge is -2.36. The summed E-state index contributed by atoms with van der Waals surface area (Å²) in [7, 11) is -3.93. The van der Waals surface area contributed by atoms with Crippen molar-refractivity contribution in [2.24, 2.45) is 11.8 Å². The van der Waals surface area contributed by atoms with E-state index in [0.29, 0.717) is 25.1 Å². The molecule has 0 radical (unpaired) electrons. The van der Waals surface area contributed by atoms with Gasteiger partial charge in [-0.05, 0) is 110 Å². The molecule has 0 unspecified atom stereocenters. The number of aromatic nitrogens is 1. The van der Waals surface area contributed by atoms with Crippen LogP contribution in [0.2, 0.25) is 5.15 Å². The largest absolute Gasteiger partial charge is 0.444 e. The molecule has 1 aromatic heterocycles. The summed E-state index contributed by atoms with van der Waals surface area (Å²) < 4.78 is 71.0. The summed E-state index contributed by atoms with van der Waals surface area (Å²) in [5, 5.41) is 7.76. The van der Waals surface area contributed by atoms with E-state index < -0.39 is 57.2 Å². The van der Waals surface area contributed by atoms with E-state index in [9.17, 15) is 27.6 Å². The van der Waals surface area contributed by atoms with Crippen LogP contribution in [-0.4, -0.2) is 105 Å². The summed E-state index contributed by atoms with van der Waals surface area (Å²) in [5.41, 5.74) is -1.15. The molecule has 0 bridgehead atoms. The number of halogens is 3. The van der Waals surface area contributed by atoms with Crippen LogP contribution >= 0.6 is 11.6 Å². The third kappa shape index (κ3) is 11.9. The number of amides is 4. The molecule has 19 heteroatoms. The minimum absolute atomic E-state index is 0.0106. The Morgan fingerprint density at radius 3 is 2.09 bits per heavy atom. The molecule has 3 aliphatic rings. The second-order valence-corrected chi connectivity index (χ2v) is 19.3. The van der Waals surface area contributed by atoms with Crippen LogP contribution in [0.25, 0.3) is 0 Å². The van der Waals surface area contributed by atoms with Gasteiger partial charge >= 0.3 is 12.2 Å². The van der Waals surface area contributed by atoms with Crippen LogP contribution in [0, 0.1) is 11.8 Å². The van der Waals surface area contributed by atoms with Crippen molar-refractivity contribution in [1.29, 1.82) is 0 Å². The zero-order valence-corrected chi connectivity index (χ0v) is 35.4. The molecule has 5 rings (SSSR count). The van der Waals surface area contributed by atoms with Gasteiger partial charge in [-0.25, -0.2) is 31.8 Å². The van der Waals surface area contributed by atoms with E-state index in [1.807, 2.05) is 0 Å². The monoisotopic (exact) mass is 853 g/mol. The molecule has 15 nitrogen and oxygen atoms in total. The second-order valence-electron chi connectivity index (χ2n) is 17.0. The van der Waals surface area contributed by atoms with Crippen molar-refractivity contribution in [2.75, 3.05) is 55.6 Å². The van der Waals surface area contributed by atoms with E-state index in [2.05, 4.69) is 20.9 Å². The fourth-order valence-electron chi connectivity index (χ4n) is 7.22. The number of hydrogen-bond donors (Lipinski definition) is 3. The Morgan fingerprint density at radius 1 is 0.879 bits per heavy atom. The number of nitrogens with one attached hydrogen (secondary N) is 3. The number of benzene rings is 1. The maximum absolute atomic E-state index is 16.0. The van der Waals surface area contributed by atoms with Gasteiger partial charge in [-0.3, -0.25) is 9.59 Å². The number of carbonyl (C=O) groups excluding carboxylic acids is 4.